The number of halogens is 2. The average molecular weight is 311 g/mol. The fourth-order valence-corrected chi connectivity index (χ4v) is 2.08. The number of hydrogen-bond acceptors (Lipinski definition) is 3. The fourth-order valence-electron chi connectivity index (χ4n) is 1.60. The van der Waals surface area contributed by atoms with Crippen LogP contribution in [0.15, 0.2) is 40.9 Å². The number of benzene rings is 2. The molecule has 0 radical (unpaired) electrons. The van der Waals surface area contributed by atoms with E-state index >= 15 is 0 Å². The summed E-state index contributed by atoms with van der Waals surface area (Å²) < 4.78 is 19.2. The predicted octanol–water partition coefficient (Wildman–Crippen LogP) is 3.92. The van der Waals surface area contributed by atoms with Gasteiger partial charge in [0.2, 0.25) is 0 Å². The number of hydrogen-bond donors (Lipinski definition) is 2. The molecule has 0 aromatic heterocycles. The molecule has 0 fully saturated rings. The van der Waals surface area contributed by atoms with E-state index in [1.165, 1.54) is 12.1 Å². The molecule has 0 aliphatic rings. The third kappa shape index (κ3) is 3.13. The van der Waals surface area contributed by atoms with Gasteiger partial charge < -0.3 is 15.8 Å². The average Bonchev–Trinajstić information content (AvgIpc) is 2.26. The first kappa shape index (κ1) is 12.7. The van der Waals surface area contributed by atoms with Crippen molar-refractivity contribution in [1.29, 1.82) is 0 Å². The lowest BCUT2D eigenvalue weighted by molar-refractivity contribution is 0.415. The highest BCUT2D eigenvalue weighted by atomic mass is 79.9. The predicted molar refractivity (Wildman–Crippen MR) is 74.8 cm³/mol. The molecule has 94 valence electrons. The van der Waals surface area contributed by atoms with Gasteiger partial charge in [0.15, 0.2) is 0 Å². The zero-order valence-corrected chi connectivity index (χ0v) is 11.3. The van der Waals surface area contributed by atoms with Crippen LogP contribution in [0.4, 0.5) is 21.5 Å². The quantitative estimate of drug-likeness (QED) is 0.845. The van der Waals surface area contributed by atoms with Crippen molar-refractivity contribution in [2.24, 2.45) is 0 Å². The van der Waals surface area contributed by atoms with Crippen LogP contribution in [0.25, 0.3) is 0 Å². The minimum absolute atomic E-state index is 0.375. The van der Waals surface area contributed by atoms with Crippen molar-refractivity contribution >= 4 is 33.0 Å². The summed E-state index contributed by atoms with van der Waals surface area (Å²) >= 11 is 3.38. The van der Waals surface area contributed by atoms with E-state index in [2.05, 4.69) is 21.2 Å². The lowest BCUT2D eigenvalue weighted by Crippen LogP contribution is -1.95. The molecule has 0 unspecified atom stereocenters. The van der Waals surface area contributed by atoms with Crippen LogP contribution in [0, 0.1) is 5.82 Å². The Labute approximate surface area is 113 Å². The maximum Gasteiger partial charge on any atom is 0.127 e. The van der Waals surface area contributed by atoms with Crippen molar-refractivity contribution in [3.05, 3.63) is 46.7 Å². The Morgan fingerprint density at radius 1 is 1.11 bits per heavy atom. The Hall–Kier alpha value is -1.75. The van der Waals surface area contributed by atoms with Gasteiger partial charge in [0.05, 0.1) is 7.11 Å². The van der Waals surface area contributed by atoms with Gasteiger partial charge in [0.1, 0.15) is 11.6 Å². The topological polar surface area (TPSA) is 47.3 Å². The number of methoxy groups -OCH3 is 1. The van der Waals surface area contributed by atoms with Crippen LogP contribution in [-0.4, -0.2) is 7.11 Å². The molecular formula is C13H12BrFN2O. The van der Waals surface area contributed by atoms with Crippen LogP contribution in [0.2, 0.25) is 0 Å². The van der Waals surface area contributed by atoms with Gasteiger partial charge >= 0.3 is 0 Å². The van der Waals surface area contributed by atoms with Gasteiger partial charge in [-0.15, -0.1) is 0 Å². The van der Waals surface area contributed by atoms with Crippen LogP contribution in [0.1, 0.15) is 0 Å². The van der Waals surface area contributed by atoms with E-state index in [9.17, 15) is 4.39 Å². The first-order valence-electron chi connectivity index (χ1n) is 5.24. The number of anilines is 3. The van der Waals surface area contributed by atoms with Crippen molar-refractivity contribution in [3.8, 4) is 5.75 Å². The highest BCUT2D eigenvalue weighted by molar-refractivity contribution is 9.10. The lowest BCUT2D eigenvalue weighted by Gasteiger charge is -2.10. The molecule has 2 aromatic carbocycles. The largest absolute Gasteiger partial charge is 0.497 e. The molecule has 18 heavy (non-hydrogen) atoms. The third-order valence-electron chi connectivity index (χ3n) is 2.32. The minimum Gasteiger partial charge on any atom is -0.497 e. The van der Waals surface area contributed by atoms with Gasteiger partial charge in [-0.1, -0.05) is 15.9 Å². The van der Waals surface area contributed by atoms with Gasteiger partial charge in [-0.25, -0.2) is 4.39 Å². The molecule has 0 spiro atoms. The molecule has 5 heteroatoms. The molecule has 0 atom stereocenters. The molecular weight excluding hydrogens is 299 g/mol. The summed E-state index contributed by atoms with van der Waals surface area (Å²) in [5, 5.41) is 3.07. The monoisotopic (exact) mass is 310 g/mol. The normalized spacial score (nSPS) is 10.2. The first-order chi connectivity index (χ1) is 8.56. The fraction of sp³-hybridized carbons (Fsp3) is 0.0769. The van der Waals surface area contributed by atoms with E-state index in [4.69, 9.17) is 10.5 Å². The summed E-state index contributed by atoms with van der Waals surface area (Å²) in [5.41, 5.74) is 7.33. The Bertz CT molecular complexity index is 555. The highest BCUT2D eigenvalue weighted by Crippen LogP contribution is 2.27. The molecule has 2 aromatic rings. The maximum absolute atomic E-state index is 13.2. The van der Waals surface area contributed by atoms with Crippen LogP contribution in [0.3, 0.4) is 0 Å². The zero-order chi connectivity index (χ0) is 13.1. The van der Waals surface area contributed by atoms with Crippen LogP contribution < -0.4 is 15.8 Å². The van der Waals surface area contributed by atoms with Crippen molar-refractivity contribution in [1.82, 2.24) is 0 Å². The number of ether oxygens (including phenoxy) is 1. The molecule has 0 amide bonds. The molecule has 0 saturated heterocycles. The summed E-state index contributed by atoms with van der Waals surface area (Å²) in [6.45, 7) is 0. The lowest BCUT2D eigenvalue weighted by atomic mass is 10.2. The molecule has 3 N–H and O–H groups in total. The van der Waals surface area contributed by atoms with E-state index in [0.717, 1.165) is 10.2 Å². The second-order valence-corrected chi connectivity index (χ2v) is 4.69. The van der Waals surface area contributed by atoms with Crippen LogP contribution in [0.5, 0.6) is 5.75 Å². The number of rotatable bonds is 3. The van der Waals surface area contributed by atoms with Gasteiger partial charge in [0, 0.05) is 27.6 Å². The Balaban J connectivity index is 2.30. The third-order valence-corrected chi connectivity index (χ3v) is 2.77. The second kappa shape index (κ2) is 5.27. The summed E-state index contributed by atoms with van der Waals surface area (Å²) in [7, 11) is 1.59. The summed E-state index contributed by atoms with van der Waals surface area (Å²) in [6.07, 6.45) is 0. The smallest absolute Gasteiger partial charge is 0.127 e. The Kier molecular flexibility index (Phi) is 3.72. The van der Waals surface area contributed by atoms with Crippen molar-refractivity contribution in [3.63, 3.8) is 0 Å². The number of nitrogens with two attached hydrogens (primary N) is 1. The maximum atomic E-state index is 13.2. The zero-order valence-electron chi connectivity index (χ0n) is 9.71. The summed E-state index contributed by atoms with van der Waals surface area (Å²) in [5.74, 6) is 0.329. The van der Waals surface area contributed by atoms with E-state index in [1.807, 2.05) is 18.2 Å². The van der Waals surface area contributed by atoms with Gasteiger partial charge in [-0.05, 0) is 30.3 Å². The van der Waals surface area contributed by atoms with E-state index in [-0.39, 0.29) is 5.82 Å². The van der Waals surface area contributed by atoms with Crippen molar-refractivity contribution < 1.29 is 9.13 Å². The van der Waals surface area contributed by atoms with E-state index < -0.39 is 0 Å². The summed E-state index contributed by atoms with van der Waals surface area (Å²) in [4.78, 5) is 0. The molecule has 0 aliphatic heterocycles. The second-order valence-electron chi connectivity index (χ2n) is 3.78. The molecule has 0 aliphatic carbocycles. The molecule has 0 heterocycles. The summed E-state index contributed by atoms with van der Waals surface area (Å²) in [6, 6.07) is 9.83. The van der Waals surface area contributed by atoms with Crippen molar-refractivity contribution in [2.45, 2.75) is 0 Å². The molecule has 0 bridgehead atoms. The number of nitrogen functional groups attached to an aromatic ring is 1. The SMILES string of the molecule is COc1cc(Br)cc(Nc2cc(N)cc(F)c2)c1. The van der Waals surface area contributed by atoms with Crippen molar-refractivity contribution in [2.75, 3.05) is 18.2 Å². The van der Waals surface area contributed by atoms with Crippen LogP contribution >= 0.6 is 15.9 Å². The van der Waals surface area contributed by atoms with Crippen LogP contribution in [-0.2, 0) is 0 Å². The van der Waals surface area contributed by atoms with Gasteiger partial charge in [0.25, 0.3) is 0 Å². The molecule has 0 saturated carbocycles. The van der Waals surface area contributed by atoms with E-state index in [0.29, 0.717) is 17.1 Å². The minimum atomic E-state index is -0.375. The van der Waals surface area contributed by atoms with Gasteiger partial charge in [-0.2, -0.15) is 0 Å². The molecule has 2 rings (SSSR count). The van der Waals surface area contributed by atoms with Gasteiger partial charge in [-0.3, -0.25) is 0 Å². The first-order valence-corrected chi connectivity index (χ1v) is 6.04. The number of nitrogens with one attached hydrogen (secondary N) is 1. The standard InChI is InChI=1S/C13H12BrFN2O/c1-18-13-3-8(14)2-11(7-13)17-12-5-9(15)4-10(16)6-12/h2-7,17H,16H2,1H3. The Morgan fingerprint density at radius 2 is 1.83 bits per heavy atom. The highest BCUT2D eigenvalue weighted by Gasteiger charge is 2.02. The van der Waals surface area contributed by atoms with E-state index in [1.54, 1.807) is 13.2 Å². The molecule has 3 nitrogen and oxygen atoms in total. The Morgan fingerprint density at radius 3 is 2.50 bits per heavy atom.